The third-order valence-electron chi connectivity index (χ3n) is 4.38. The Labute approximate surface area is 137 Å². The molecule has 7 nitrogen and oxygen atoms in total. The fourth-order valence-electron chi connectivity index (χ4n) is 3.17. The lowest BCUT2D eigenvalue weighted by Crippen LogP contribution is -2.53. The highest BCUT2D eigenvalue weighted by atomic mass is 16.5. The number of aromatic nitrogens is 2. The molecule has 0 radical (unpaired) electrons. The summed E-state index contributed by atoms with van der Waals surface area (Å²) in [4.78, 5) is 26.6. The van der Waals surface area contributed by atoms with E-state index in [2.05, 4.69) is 10.4 Å². The summed E-state index contributed by atoms with van der Waals surface area (Å²) < 4.78 is 7.10. The number of carbonyl (C=O) groups is 2. The molecule has 0 spiro atoms. The molecule has 1 saturated heterocycles. The third kappa shape index (κ3) is 3.55. The smallest absolute Gasteiger partial charge is 0.274 e. The second kappa shape index (κ2) is 7.12. The summed E-state index contributed by atoms with van der Waals surface area (Å²) in [5.41, 5.74) is -0.175. The van der Waals surface area contributed by atoms with Gasteiger partial charge >= 0.3 is 0 Å². The van der Waals surface area contributed by atoms with Crippen LogP contribution in [0.25, 0.3) is 0 Å². The number of hydrogen-bond acceptors (Lipinski definition) is 4. The van der Waals surface area contributed by atoms with Gasteiger partial charge in [0.2, 0.25) is 5.91 Å². The van der Waals surface area contributed by atoms with E-state index >= 15 is 0 Å². The molecule has 2 rings (SSSR count). The van der Waals surface area contributed by atoms with Crippen molar-refractivity contribution in [3.63, 3.8) is 0 Å². The van der Waals surface area contributed by atoms with E-state index in [4.69, 9.17) is 4.74 Å². The SMILES string of the molecule is CNC(=O)CC1(COC)CCCN1C(=O)c1ccn(C(C)C)n1. The molecule has 2 heterocycles. The first-order valence-electron chi connectivity index (χ1n) is 8.00. The second-order valence-corrected chi connectivity index (χ2v) is 6.34. The van der Waals surface area contributed by atoms with Gasteiger partial charge in [-0.05, 0) is 32.8 Å². The van der Waals surface area contributed by atoms with Gasteiger partial charge in [0, 0.05) is 32.9 Å². The predicted molar refractivity (Wildman–Crippen MR) is 86.2 cm³/mol. The molecule has 2 amide bonds. The molecule has 1 unspecified atom stereocenters. The molecule has 1 aliphatic heterocycles. The van der Waals surface area contributed by atoms with Gasteiger partial charge in [0.15, 0.2) is 0 Å². The van der Waals surface area contributed by atoms with Crippen molar-refractivity contribution in [2.24, 2.45) is 0 Å². The Kier molecular flexibility index (Phi) is 5.41. The molecule has 7 heteroatoms. The normalized spacial score (nSPS) is 21.0. The van der Waals surface area contributed by atoms with Crippen LogP contribution in [0.5, 0.6) is 0 Å². The van der Waals surface area contributed by atoms with Gasteiger partial charge in [-0.3, -0.25) is 14.3 Å². The third-order valence-corrected chi connectivity index (χ3v) is 4.38. The topological polar surface area (TPSA) is 76.5 Å². The van der Waals surface area contributed by atoms with Gasteiger partial charge in [0.05, 0.1) is 18.6 Å². The Bertz CT molecular complexity index is 569. The maximum atomic E-state index is 12.9. The highest BCUT2D eigenvalue weighted by Gasteiger charge is 2.45. The van der Waals surface area contributed by atoms with Gasteiger partial charge in [0.1, 0.15) is 5.69 Å². The first-order valence-corrected chi connectivity index (χ1v) is 8.00. The van der Waals surface area contributed by atoms with Gasteiger partial charge < -0.3 is 15.0 Å². The van der Waals surface area contributed by atoms with E-state index in [-0.39, 0.29) is 24.3 Å². The zero-order valence-corrected chi connectivity index (χ0v) is 14.3. The molecular weight excluding hydrogens is 296 g/mol. The number of likely N-dealkylation sites (tertiary alicyclic amines) is 1. The van der Waals surface area contributed by atoms with Crippen LogP contribution >= 0.6 is 0 Å². The van der Waals surface area contributed by atoms with Crippen LogP contribution in [0.1, 0.15) is 49.6 Å². The van der Waals surface area contributed by atoms with E-state index in [0.29, 0.717) is 18.8 Å². The molecule has 1 fully saturated rings. The van der Waals surface area contributed by atoms with E-state index in [1.54, 1.807) is 29.8 Å². The quantitative estimate of drug-likeness (QED) is 0.854. The summed E-state index contributed by atoms with van der Waals surface area (Å²) in [7, 11) is 3.20. The Morgan fingerprint density at radius 3 is 2.78 bits per heavy atom. The number of carbonyl (C=O) groups excluding carboxylic acids is 2. The van der Waals surface area contributed by atoms with Crippen molar-refractivity contribution in [2.75, 3.05) is 27.3 Å². The molecule has 0 aliphatic carbocycles. The Balaban J connectivity index is 2.26. The highest BCUT2D eigenvalue weighted by molar-refractivity contribution is 5.93. The largest absolute Gasteiger partial charge is 0.382 e. The van der Waals surface area contributed by atoms with E-state index in [0.717, 1.165) is 12.8 Å². The first kappa shape index (κ1) is 17.5. The average Bonchev–Trinajstić information content (AvgIpc) is 3.14. The Morgan fingerprint density at radius 2 is 2.22 bits per heavy atom. The molecule has 0 saturated carbocycles. The van der Waals surface area contributed by atoms with Gasteiger partial charge in [-0.25, -0.2) is 0 Å². The zero-order valence-electron chi connectivity index (χ0n) is 14.3. The minimum Gasteiger partial charge on any atom is -0.382 e. The van der Waals surface area contributed by atoms with Crippen molar-refractivity contribution < 1.29 is 14.3 Å². The van der Waals surface area contributed by atoms with Crippen molar-refractivity contribution in [3.05, 3.63) is 18.0 Å². The molecule has 1 aliphatic rings. The highest BCUT2D eigenvalue weighted by Crippen LogP contribution is 2.34. The number of nitrogens with zero attached hydrogens (tertiary/aromatic N) is 3. The van der Waals surface area contributed by atoms with Crippen LogP contribution in [0.4, 0.5) is 0 Å². The van der Waals surface area contributed by atoms with Crippen molar-refractivity contribution in [3.8, 4) is 0 Å². The summed E-state index contributed by atoms with van der Waals surface area (Å²) in [6.07, 6.45) is 3.67. The Morgan fingerprint density at radius 1 is 1.48 bits per heavy atom. The maximum Gasteiger partial charge on any atom is 0.274 e. The number of nitrogens with one attached hydrogen (secondary N) is 1. The van der Waals surface area contributed by atoms with Crippen LogP contribution in [0.3, 0.4) is 0 Å². The summed E-state index contributed by atoms with van der Waals surface area (Å²) in [5.74, 6) is -0.225. The van der Waals surface area contributed by atoms with Gasteiger partial charge in [-0.15, -0.1) is 0 Å². The molecule has 1 atom stereocenters. The number of methoxy groups -OCH3 is 1. The summed E-state index contributed by atoms with van der Waals surface area (Å²) in [6.45, 7) is 4.99. The minimum atomic E-state index is -0.590. The van der Waals surface area contributed by atoms with E-state index in [1.165, 1.54) is 0 Å². The van der Waals surface area contributed by atoms with Crippen molar-refractivity contribution in [1.82, 2.24) is 20.0 Å². The van der Waals surface area contributed by atoms with E-state index in [1.807, 2.05) is 20.0 Å². The standard InChI is InChI=1S/C16H26N4O3/c1-12(2)20-9-6-13(18-20)15(22)19-8-5-7-16(19,11-23-4)10-14(21)17-3/h6,9,12H,5,7-8,10-11H2,1-4H3,(H,17,21). The van der Waals surface area contributed by atoms with Gasteiger partial charge in [-0.1, -0.05) is 0 Å². The lowest BCUT2D eigenvalue weighted by atomic mass is 9.92. The van der Waals surface area contributed by atoms with Crippen molar-refractivity contribution >= 4 is 11.8 Å². The van der Waals surface area contributed by atoms with Crippen LogP contribution in [-0.4, -0.2) is 59.3 Å². The monoisotopic (exact) mass is 322 g/mol. The molecular formula is C16H26N4O3. The van der Waals surface area contributed by atoms with Gasteiger partial charge in [-0.2, -0.15) is 5.10 Å². The molecule has 128 valence electrons. The lowest BCUT2D eigenvalue weighted by Gasteiger charge is -2.37. The molecule has 1 aromatic rings. The van der Waals surface area contributed by atoms with Crippen molar-refractivity contribution in [1.29, 1.82) is 0 Å². The fraction of sp³-hybridized carbons (Fsp3) is 0.688. The maximum absolute atomic E-state index is 12.9. The van der Waals surface area contributed by atoms with E-state index in [9.17, 15) is 9.59 Å². The molecule has 0 bridgehead atoms. The predicted octanol–water partition coefficient (Wildman–Crippen LogP) is 1.22. The minimum absolute atomic E-state index is 0.0885. The second-order valence-electron chi connectivity index (χ2n) is 6.34. The molecule has 0 aromatic carbocycles. The van der Waals surface area contributed by atoms with Crippen LogP contribution in [-0.2, 0) is 9.53 Å². The van der Waals surface area contributed by atoms with Crippen LogP contribution in [0.2, 0.25) is 0 Å². The summed E-state index contributed by atoms with van der Waals surface area (Å²) in [6, 6.07) is 1.93. The summed E-state index contributed by atoms with van der Waals surface area (Å²) in [5, 5.41) is 7.00. The van der Waals surface area contributed by atoms with Gasteiger partial charge in [0.25, 0.3) is 5.91 Å². The molecule has 23 heavy (non-hydrogen) atoms. The number of rotatable bonds is 6. The number of ether oxygens (including phenoxy) is 1. The Hall–Kier alpha value is -1.89. The zero-order chi connectivity index (χ0) is 17.0. The summed E-state index contributed by atoms with van der Waals surface area (Å²) >= 11 is 0. The van der Waals surface area contributed by atoms with Crippen LogP contribution < -0.4 is 5.32 Å². The van der Waals surface area contributed by atoms with E-state index < -0.39 is 5.54 Å². The van der Waals surface area contributed by atoms with Crippen LogP contribution in [0.15, 0.2) is 12.3 Å². The number of amides is 2. The average molecular weight is 322 g/mol. The fourth-order valence-corrected chi connectivity index (χ4v) is 3.17. The lowest BCUT2D eigenvalue weighted by molar-refractivity contribution is -0.123. The number of hydrogen-bond donors (Lipinski definition) is 1. The molecule has 1 N–H and O–H groups in total. The van der Waals surface area contributed by atoms with Crippen LogP contribution in [0, 0.1) is 0 Å². The first-order chi connectivity index (χ1) is 10.9. The molecule has 1 aromatic heterocycles. The van der Waals surface area contributed by atoms with Crippen molar-refractivity contribution in [2.45, 2.75) is 44.7 Å².